The molecular formula is C7H11F6NO. The first-order chi connectivity index (χ1) is 6.62. The number of alkyl halides is 6. The molecule has 1 unspecified atom stereocenters. The van der Waals surface area contributed by atoms with E-state index < -0.39 is 24.6 Å². The Bertz CT molecular complexity index is 171. The summed E-state index contributed by atoms with van der Waals surface area (Å²) in [6.07, 6.45) is -16.0. The van der Waals surface area contributed by atoms with Gasteiger partial charge in [0.05, 0.1) is 6.10 Å². The Labute approximate surface area is 82.4 Å². The first kappa shape index (κ1) is 14.5. The van der Waals surface area contributed by atoms with Crippen LogP contribution in [0.2, 0.25) is 0 Å². The van der Waals surface area contributed by atoms with Crippen molar-refractivity contribution in [3.63, 3.8) is 0 Å². The predicted octanol–water partition coefficient (Wildman–Crippen LogP) is 2.23. The zero-order valence-corrected chi connectivity index (χ0v) is 7.82. The number of rotatable bonds is 4. The summed E-state index contributed by atoms with van der Waals surface area (Å²) in [5.74, 6) is 0. The summed E-state index contributed by atoms with van der Waals surface area (Å²) in [5.41, 5.74) is 4.96. The van der Waals surface area contributed by atoms with Crippen LogP contribution in [-0.2, 0) is 4.74 Å². The average molecular weight is 239 g/mol. The zero-order valence-electron chi connectivity index (χ0n) is 7.82. The van der Waals surface area contributed by atoms with Crippen LogP contribution in [0.5, 0.6) is 0 Å². The van der Waals surface area contributed by atoms with Crippen molar-refractivity contribution in [2.75, 3.05) is 6.54 Å². The Morgan fingerprint density at radius 3 is 1.67 bits per heavy atom. The van der Waals surface area contributed by atoms with E-state index in [-0.39, 0.29) is 13.0 Å². The average Bonchev–Trinajstić information content (AvgIpc) is 2.01. The largest absolute Gasteiger partial charge is 0.423 e. The van der Waals surface area contributed by atoms with E-state index >= 15 is 0 Å². The third-order valence-corrected chi connectivity index (χ3v) is 1.64. The van der Waals surface area contributed by atoms with Gasteiger partial charge in [-0.3, -0.25) is 0 Å². The van der Waals surface area contributed by atoms with Crippen LogP contribution >= 0.6 is 0 Å². The Kier molecular flexibility index (Phi) is 4.85. The van der Waals surface area contributed by atoms with Crippen molar-refractivity contribution in [2.45, 2.75) is 37.9 Å². The molecule has 0 amide bonds. The fourth-order valence-corrected chi connectivity index (χ4v) is 0.851. The number of halogens is 6. The van der Waals surface area contributed by atoms with E-state index in [1.165, 1.54) is 6.92 Å². The molecule has 0 aliphatic carbocycles. The van der Waals surface area contributed by atoms with Crippen LogP contribution in [0.25, 0.3) is 0 Å². The molecule has 0 radical (unpaired) electrons. The predicted molar refractivity (Wildman–Crippen MR) is 40.1 cm³/mol. The highest BCUT2D eigenvalue weighted by Gasteiger charge is 2.58. The Hall–Kier alpha value is -0.500. The first-order valence-corrected chi connectivity index (χ1v) is 4.11. The van der Waals surface area contributed by atoms with E-state index in [0.29, 0.717) is 0 Å². The summed E-state index contributed by atoms with van der Waals surface area (Å²) >= 11 is 0. The van der Waals surface area contributed by atoms with Crippen molar-refractivity contribution in [2.24, 2.45) is 5.73 Å². The Morgan fingerprint density at radius 1 is 1.07 bits per heavy atom. The van der Waals surface area contributed by atoms with E-state index in [9.17, 15) is 26.3 Å². The van der Waals surface area contributed by atoms with Gasteiger partial charge in [-0.05, 0) is 6.42 Å². The van der Waals surface area contributed by atoms with E-state index in [1.54, 1.807) is 0 Å². The minimum absolute atomic E-state index is 0.0147. The third-order valence-electron chi connectivity index (χ3n) is 1.64. The van der Waals surface area contributed by atoms with Crippen LogP contribution < -0.4 is 5.73 Å². The summed E-state index contributed by atoms with van der Waals surface area (Å²) in [6.45, 7) is 1.00. The van der Waals surface area contributed by atoms with Crippen LogP contribution in [0, 0.1) is 0 Å². The van der Waals surface area contributed by atoms with Crippen molar-refractivity contribution < 1.29 is 31.1 Å². The molecule has 15 heavy (non-hydrogen) atoms. The van der Waals surface area contributed by atoms with E-state index in [4.69, 9.17) is 5.73 Å². The van der Waals surface area contributed by atoms with E-state index in [1.807, 2.05) is 0 Å². The van der Waals surface area contributed by atoms with Gasteiger partial charge in [-0.1, -0.05) is 6.92 Å². The topological polar surface area (TPSA) is 35.2 Å². The quantitative estimate of drug-likeness (QED) is 0.763. The van der Waals surface area contributed by atoms with Gasteiger partial charge >= 0.3 is 12.4 Å². The van der Waals surface area contributed by atoms with Crippen LogP contribution in [0.4, 0.5) is 26.3 Å². The van der Waals surface area contributed by atoms with Crippen LogP contribution in [0.15, 0.2) is 0 Å². The lowest BCUT2D eigenvalue weighted by molar-refractivity contribution is -0.330. The number of nitrogens with two attached hydrogens (primary N) is 1. The molecule has 2 nitrogen and oxygen atoms in total. The molecule has 0 aromatic heterocycles. The number of ether oxygens (including phenoxy) is 1. The standard InChI is InChI=1S/C7H11F6NO/c1-2-4(3-14)15-5(6(8,9)10)7(11,12)13/h4-5H,2-3,14H2,1H3. The fourth-order valence-electron chi connectivity index (χ4n) is 0.851. The van der Waals surface area contributed by atoms with E-state index in [0.717, 1.165) is 0 Å². The molecule has 0 aromatic carbocycles. The molecular weight excluding hydrogens is 228 g/mol. The maximum Gasteiger partial charge on any atom is 0.423 e. The Balaban J connectivity index is 4.67. The maximum absolute atomic E-state index is 12.0. The van der Waals surface area contributed by atoms with Gasteiger partial charge in [-0.15, -0.1) is 0 Å². The third kappa shape index (κ3) is 4.70. The van der Waals surface area contributed by atoms with Crippen LogP contribution in [0.1, 0.15) is 13.3 Å². The summed E-state index contributed by atoms with van der Waals surface area (Å²) in [6, 6.07) is 0. The lowest BCUT2D eigenvalue weighted by atomic mass is 10.2. The summed E-state index contributed by atoms with van der Waals surface area (Å²) in [4.78, 5) is 0. The molecule has 0 rings (SSSR count). The second-order valence-electron chi connectivity index (χ2n) is 2.87. The van der Waals surface area contributed by atoms with Gasteiger partial charge in [-0.25, -0.2) is 0 Å². The molecule has 0 bridgehead atoms. The smallest absolute Gasteiger partial charge is 0.356 e. The van der Waals surface area contributed by atoms with Crippen molar-refractivity contribution >= 4 is 0 Å². The lowest BCUT2D eigenvalue weighted by Crippen LogP contribution is -2.47. The highest BCUT2D eigenvalue weighted by molar-refractivity contribution is 4.77. The second-order valence-corrected chi connectivity index (χ2v) is 2.87. The molecule has 8 heteroatoms. The van der Waals surface area contributed by atoms with Gasteiger partial charge in [0, 0.05) is 6.54 Å². The normalized spacial score (nSPS) is 15.8. The van der Waals surface area contributed by atoms with E-state index in [2.05, 4.69) is 4.74 Å². The second kappa shape index (κ2) is 5.02. The van der Waals surface area contributed by atoms with Crippen LogP contribution in [0.3, 0.4) is 0 Å². The fraction of sp³-hybridized carbons (Fsp3) is 1.00. The highest BCUT2D eigenvalue weighted by Crippen LogP contribution is 2.36. The number of hydrogen-bond donors (Lipinski definition) is 1. The molecule has 0 spiro atoms. The molecule has 0 saturated heterocycles. The molecule has 0 aliphatic rings. The minimum atomic E-state index is -5.47. The molecule has 0 fully saturated rings. The van der Waals surface area contributed by atoms with Crippen LogP contribution in [-0.4, -0.2) is 31.1 Å². The summed E-state index contributed by atoms with van der Waals surface area (Å²) < 4.78 is 75.7. The molecule has 0 aromatic rings. The lowest BCUT2D eigenvalue weighted by Gasteiger charge is -2.26. The molecule has 0 saturated carbocycles. The van der Waals surface area contributed by atoms with Gasteiger partial charge in [-0.2, -0.15) is 26.3 Å². The van der Waals surface area contributed by atoms with Gasteiger partial charge in [0.2, 0.25) is 6.10 Å². The number of hydrogen-bond acceptors (Lipinski definition) is 2. The first-order valence-electron chi connectivity index (χ1n) is 4.11. The van der Waals surface area contributed by atoms with Crippen molar-refractivity contribution in [1.82, 2.24) is 0 Å². The molecule has 1 atom stereocenters. The maximum atomic E-state index is 12.0. The molecule has 2 N–H and O–H groups in total. The van der Waals surface area contributed by atoms with Crippen molar-refractivity contribution in [1.29, 1.82) is 0 Å². The highest BCUT2D eigenvalue weighted by atomic mass is 19.4. The van der Waals surface area contributed by atoms with Crippen molar-refractivity contribution in [3.05, 3.63) is 0 Å². The zero-order chi connectivity index (χ0) is 12.3. The van der Waals surface area contributed by atoms with Gasteiger partial charge < -0.3 is 10.5 Å². The SMILES string of the molecule is CCC(CN)OC(C(F)(F)F)C(F)(F)F. The summed E-state index contributed by atoms with van der Waals surface area (Å²) in [5, 5.41) is 0. The molecule has 92 valence electrons. The van der Waals surface area contributed by atoms with Gasteiger partial charge in [0.25, 0.3) is 0 Å². The van der Waals surface area contributed by atoms with Crippen molar-refractivity contribution in [3.8, 4) is 0 Å². The minimum Gasteiger partial charge on any atom is -0.356 e. The molecule has 0 heterocycles. The Morgan fingerprint density at radius 2 is 1.47 bits per heavy atom. The monoisotopic (exact) mass is 239 g/mol. The van der Waals surface area contributed by atoms with Gasteiger partial charge in [0.15, 0.2) is 0 Å². The van der Waals surface area contributed by atoms with Gasteiger partial charge in [0.1, 0.15) is 0 Å². The molecule has 0 aliphatic heterocycles. The summed E-state index contributed by atoms with van der Waals surface area (Å²) in [7, 11) is 0.